The highest BCUT2D eigenvalue weighted by atomic mass is 79.9. The molecule has 0 atom stereocenters. The number of anilines is 1. The van der Waals surface area contributed by atoms with E-state index in [2.05, 4.69) is 21.2 Å². The number of amides is 1. The zero-order chi connectivity index (χ0) is 16.1. The molecular weight excluding hydrogens is 354 g/mol. The van der Waals surface area contributed by atoms with E-state index in [0.717, 1.165) is 6.08 Å². The molecule has 2 rings (SSSR count). The maximum atomic E-state index is 13.7. The first-order chi connectivity index (χ1) is 10.5. The van der Waals surface area contributed by atoms with Gasteiger partial charge < -0.3 is 5.32 Å². The van der Waals surface area contributed by atoms with Crippen LogP contribution < -0.4 is 5.32 Å². The lowest BCUT2D eigenvalue weighted by Gasteiger charge is -2.04. The third-order valence-corrected chi connectivity index (χ3v) is 3.22. The molecule has 0 saturated heterocycles. The summed E-state index contributed by atoms with van der Waals surface area (Å²) in [6, 6.07) is 11.0. The van der Waals surface area contributed by atoms with E-state index in [4.69, 9.17) is 5.26 Å². The van der Waals surface area contributed by atoms with Crippen LogP contribution in [0.1, 0.15) is 5.56 Å². The second-order valence-corrected chi connectivity index (χ2v) is 5.21. The fraction of sp³-hybridized carbons (Fsp3) is 0. The normalized spacial score (nSPS) is 10.9. The topological polar surface area (TPSA) is 52.9 Å². The monoisotopic (exact) mass is 362 g/mol. The van der Waals surface area contributed by atoms with E-state index in [9.17, 15) is 13.6 Å². The van der Waals surface area contributed by atoms with E-state index in [-0.39, 0.29) is 11.1 Å². The number of halogens is 3. The highest BCUT2D eigenvalue weighted by Gasteiger charge is 2.11. The van der Waals surface area contributed by atoms with Crippen LogP contribution in [-0.4, -0.2) is 5.91 Å². The molecule has 1 amide bonds. The van der Waals surface area contributed by atoms with Crippen molar-refractivity contribution < 1.29 is 13.6 Å². The molecule has 0 aliphatic carbocycles. The number of rotatable bonds is 3. The van der Waals surface area contributed by atoms with Gasteiger partial charge in [0.15, 0.2) is 0 Å². The molecule has 0 spiro atoms. The standard InChI is InChI=1S/C16H9BrF2N2O/c17-12-1-6-15(19)10(8-12)7-11(9-20)16(22)21-14-4-2-13(18)3-5-14/h1-8H,(H,21,22)/b11-7+. The molecule has 0 saturated carbocycles. The minimum absolute atomic E-state index is 0.111. The van der Waals surface area contributed by atoms with Gasteiger partial charge >= 0.3 is 0 Å². The molecule has 0 radical (unpaired) electrons. The summed E-state index contributed by atoms with van der Waals surface area (Å²) in [4.78, 5) is 12.0. The molecule has 110 valence electrons. The Morgan fingerprint density at radius 2 is 1.86 bits per heavy atom. The van der Waals surface area contributed by atoms with E-state index < -0.39 is 17.5 Å². The van der Waals surface area contributed by atoms with Crippen molar-refractivity contribution in [1.82, 2.24) is 0 Å². The van der Waals surface area contributed by atoms with E-state index in [1.165, 1.54) is 42.5 Å². The van der Waals surface area contributed by atoms with Crippen molar-refractivity contribution in [2.45, 2.75) is 0 Å². The molecule has 22 heavy (non-hydrogen) atoms. The summed E-state index contributed by atoms with van der Waals surface area (Å²) in [6.07, 6.45) is 1.15. The predicted molar refractivity (Wildman–Crippen MR) is 82.7 cm³/mol. The summed E-state index contributed by atoms with van der Waals surface area (Å²) in [5.74, 6) is -1.69. The minimum atomic E-state index is -0.700. The molecule has 1 N–H and O–H groups in total. The third kappa shape index (κ3) is 3.99. The van der Waals surface area contributed by atoms with Crippen molar-refractivity contribution in [1.29, 1.82) is 5.26 Å². The number of nitrogens with zero attached hydrogens (tertiary/aromatic N) is 1. The maximum absolute atomic E-state index is 13.7. The lowest BCUT2D eigenvalue weighted by molar-refractivity contribution is -0.112. The first-order valence-corrected chi connectivity index (χ1v) is 6.92. The van der Waals surface area contributed by atoms with Gasteiger partial charge in [0.1, 0.15) is 23.3 Å². The smallest absolute Gasteiger partial charge is 0.266 e. The summed E-state index contributed by atoms with van der Waals surface area (Å²) >= 11 is 3.19. The van der Waals surface area contributed by atoms with Crippen LogP contribution in [0.4, 0.5) is 14.5 Å². The van der Waals surface area contributed by atoms with Crippen LogP contribution >= 0.6 is 15.9 Å². The van der Waals surface area contributed by atoms with Crippen LogP contribution in [0.25, 0.3) is 6.08 Å². The highest BCUT2D eigenvalue weighted by Crippen LogP contribution is 2.19. The van der Waals surface area contributed by atoms with Crippen LogP contribution in [0.5, 0.6) is 0 Å². The predicted octanol–water partition coefficient (Wildman–Crippen LogP) is 4.27. The van der Waals surface area contributed by atoms with E-state index >= 15 is 0 Å². The summed E-state index contributed by atoms with van der Waals surface area (Å²) in [5.41, 5.74) is 0.184. The van der Waals surface area contributed by atoms with Crippen LogP contribution in [0.2, 0.25) is 0 Å². The Hall–Kier alpha value is -2.52. The van der Waals surface area contributed by atoms with Crippen molar-refractivity contribution >= 4 is 33.6 Å². The molecule has 2 aromatic carbocycles. The molecule has 0 aromatic heterocycles. The van der Waals surface area contributed by atoms with Gasteiger partial charge in [-0.3, -0.25) is 4.79 Å². The van der Waals surface area contributed by atoms with Gasteiger partial charge in [0.05, 0.1) is 0 Å². The van der Waals surface area contributed by atoms with Crippen molar-refractivity contribution in [3.05, 3.63) is 69.7 Å². The second kappa shape index (κ2) is 6.96. The average molecular weight is 363 g/mol. The Labute approximate surface area is 134 Å². The van der Waals surface area contributed by atoms with E-state index in [0.29, 0.717) is 10.2 Å². The fourth-order valence-electron chi connectivity index (χ4n) is 1.66. The molecule has 0 unspecified atom stereocenters. The van der Waals surface area contributed by atoms with Gasteiger partial charge in [-0.2, -0.15) is 5.26 Å². The summed E-state index contributed by atoms with van der Waals surface area (Å²) in [7, 11) is 0. The number of hydrogen-bond acceptors (Lipinski definition) is 2. The van der Waals surface area contributed by atoms with Gasteiger partial charge in [0.25, 0.3) is 5.91 Å². The van der Waals surface area contributed by atoms with Crippen LogP contribution in [0, 0.1) is 23.0 Å². The average Bonchev–Trinajstić information content (AvgIpc) is 2.50. The molecular formula is C16H9BrF2N2O. The quantitative estimate of drug-likeness (QED) is 0.654. The first-order valence-electron chi connectivity index (χ1n) is 6.13. The van der Waals surface area contributed by atoms with E-state index in [1.54, 1.807) is 6.07 Å². The van der Waals surface area contributed by atoms with Crippen molar-refractivity contribution in [3.63, 3.8) is 0 Å². The molecule has 0 aliphatic heterocycles. The Balaban J connectivity index is 2.25. The minimum Gasteiger partial charge on any atom is -0.321 e. The summed E-state index contributed by atoms with van der Waals surface area (Å²) in [5, 5.41) is 11.5. The third-order valence-electron chi connectivity index (χ3n) is 2.73. The molecule has 6 heteroatoms. The van der Waals surface area contributed by atoms with Gasteiger partial charge in [0.2, 0.25) is 0 Å². The van der Waals surface area contributed by atoms with Gasteiger partial charge in [-0.15, -0.1) is 0 Å². The Bertz CT molecular complexity index is 780. The lowest BCUT2D eigenvalue weighted by atomic mass is 10.1. The van der Waals surface area contributed by atoms with Crippen LogP contribution in [0.15, 0.2) is 52.5 Å². The SMILES string of the molecule is N#C/C(=C\c1cc(Br)ccc1F)C(=O)Nc1ccc(F)cc1. The van der Waals surface area contributed by atoms with Gasteiger partial charge in [0, 0.05) is 15.7 Å². The summed E-state index contributed by atoms with van der Waals surface area (Å²) < 4.78 is 27.1. The lowest BCUT2D eigenvalue weighted by Crippen LogP contribution is -2.13. The Morgan fingerprint density at radius 1 is 1.18 bits per heavy atom. The summed E-state index contributed by atoms with van der Waals surface area (Å²) in [6.45, 7) is 0. The van der Waals surface area contributed by atoms with Crippen LogP contribution in [0.3, 0.4) is 0 Å². The van der Waals surface area contributed by atoms with Gasteiger partial charge in [-0.1, -0.05) is 15.9 Å². The largest absolute Gasteiger partial charge is 0.321 e. The number of carbonyl (C=O) groups is 1. The number of nitrogens with one attached hydrogen (secondary N) is 1. The van der Waals surface area contributed by atoms with Crippen LogP contribution in [-0.2, 0) is 4.79 Å². The number of benzene rings is 2. The fourth-order valence-corrected chi connectivity index (χ4v) is 2.04. The maximum Gasteiger partial charge on any atom is 0.266 e. The first kappa shape index (κ1) is 15.9. The zero-order valence-corrected chi connectivity index (χ0v) is 12.7. The molecule has 0 heterocycles. The zero-order valence-electron chi connectivity index (χ0n) is 11.1. The molecule has 0 bridgehead atoms. The van der Waals surface area contributed by atoms with E-state index in [1.807, 2.05) is 0 Å². The number of carbonyl (C=O) groups excluding carboxylic acids is 1. The van der Waals surface area contributed by atoms with Gasteiger partial charge in [-0.25, -0.2) is 8.78 Å². The second-order valence-electron chi connectivity index (χ2n) is 4.30. The van der Waals surface area contributed by atoms with Crippen molar-refractivity contribution in [2.75, 3.05) is 5.32 Å². The number of hydrogen-bond donors (Lipinski definition) is 1. The highest BCUT2D eigenvalue weighted by molar-refractivity contribution is 9.10. The molecule has 0 fully saturated rings. The van der Waals surface area contributed by atoms with Gasteiger partial charge in [-0.05, 0) is 48.5 Å². The Morgan fingerprint density at radius 3 is 2.50 bits per heavy atom. The molecule has 2 aromatic rings. The molecule has 0 aliphatic rings. The molecule has 3 nitrogen and oxygen atoms in total. The Kier molecular flexibility index (Phi) is 5.02. The number of nitriles is 1. The van der Waals surface area contributed by atoms with Crippen molar-refractivity contribution in [3.8, 4) is 6.07 Å². The van der Waals surface area contributed by atoms with Crippen molar-refractivity contribution in [2.24, 2.45) is 0 Å².